The molecule has 0 spiro atoms. The number of hydrogen-bond acceptors (Lipinski definition) is 7. The Morgan fingerprint density at radius 3 is 2.65 bits per heavy atom. The van der Waals surface area contributed by atoms with Crippen molar-refractivity contribution >= 4 is 38.7 Å². The fraction of sp³-hybridized carbons (Fsp3) is 0.0952. The van der Waals surface area contributed by atoms with E-state index in [1.165, 1.54) is 0 Å². The van der Waals surface area contributed by atoms with Crippen LogP contribution in [0.1, 0.15) is 15.9 Å². The van der Waals surface area contributed by atoms with Crippen LogP contribution in [0, 0.1) is 11.6 Å². The van der Waals surface area contributed by atoms with Crippen LogP contribution in [0.3, 0.4) is 0 Å². The van der Waals surface area contributed by atoms with Crippen LogP contribution in [0.2, 0.25) is 0 Å². The van der Waals surface area contributed by atoms with Gasteiger partial charge in [0, 0.05) is 5.56 Å². The van der Waals surface area contributed by atoms with E-state index in [0.717, 1.165) is 35.0 Å². The first kappa shape index (κ1) is 19.2. The highest BCUT2D eigenvalue weighted by Crippen LogP contribution is 2.26. The Bertz CT molecular complexity index is 1440. The largest absolute Gasteiger partial charge is 0.465 e. The smallest absolute Gasteiger partial charge is 0.343 e. The molecule has 7 nitrogen and oxygen atoms in total. The number of aromatic nitrogens is 5. The maximum Gasteiger partial charge on any atom is 0.343 e. The van der Waals surface area contributed by atoms with E-state index in [4.69, 9.17) is 0 Å². The van der Waals surface area contributed by atoms with Crippen molar-refractivity contribution in [1.29, 1.82) is 0 Å². The van der Waals surface area contributed by atoms with Crippen LogP contribution >= 0.6 is 11.3 Å². The Balaban J connectivity index is 1.54. The Morgan fingerprint density at radius 2 is 1.87 bits per heavy atom. The molecule has 31 heavy (non-hydrogen) atoms. The molecule has 154 valence electrons. The highest BCUT2D eigenvalue weighted by Gasteiger charge is 2.20. The van der Waals surface area contributed by atoms with Crippen molar-refractivity contribution in [3.8, 4) is 11.3 Å². The van der Waals surface area contributed by atoms with Gasteiger partial charge in [-0.1, -0.05) is 11.3 Å². The van der Waals surface area contributed by atoms with Crippen LogP contribution in [0.5, 0.6) is 0 Å². The molecule has 3 aromatic heterocycles. The number of carbonyl (C=O) groups excluding carboxylic acids is 1. The van der Waals surface area contributed by atoms with Crippen LogP contribution in [-0.4, -0.2) is 38.0 Å². The van der Waals surface area contributed by atoms with Crippen LogP contribution < -0.4 is 0 Å². The number of carbonyl (C=O) groups is 1. The standard InChI is InChI=1S/C21H13F2N5O2S/c1-30-21(29)19-13(22)7-12(8-14(19)23)15-4-5-17-20(25-15)28(27-26-17)9-11-2-3-16-18(6-11)31-10-24-16/h2-8,10H,9H2,1H3. The van der Waals surface area contributed by atoms with E-state index in [2.05, 4.69) is 25.0 Å². The molecule has 0 aliphatic carbocycles. The number of esters is 1. The number of fused-ring (bicyclic) bond motifs is 2. The molecular formula is C21H13F2N5O2S. The molecule has 10 heteroatoms. The van der Waals surface area contributed by atoms with Gasteiger partial charge in [-0.3, -0.25) is 0 Å². The summed E-state index contributed by atoms with van der Waals surface area (Å²) in [6, 6.07) is 11.3. The fourth-order valence-electron chi connectivity index (χ4n) is 3.31. The third-order valence-corrected chi connectivity index (χ3v) is 5.61. The molecule has 0 saturated heterocycles. The average molecular weight is 437 g/mol. The zero-order valence-electron chi connectivity index (χ0n) is 16.0. The first-order valence-electron chi connectivity index (χ1n) is 9.13. The van der Waals surface area contributed by atoms with E-state index in [1.54, 1.807) is 33.7 Å². The Kier molecular flexibility index (Phi) is 4.63. The van der Waals surface area contributed by atoms with Crippen molar-refractivity contribution in [1.82, 2.24) is 25.0 Å². The minimum Gasteiger partial charge on any atom is -0.465 e. The summed E-state index contributed by atoms with van der Waals surface area (Å²) in [4.78, 5) is 20.4. The van der Waals surface area contributed by atoms with Crippen LogP contribution in [0.4, 0.5) is 8.78 Å². The van der Waals surface area contributed by atoms with Gasteiger partial charge in [-0.15, -0.1) is 16.4 Å². The molecule has 0 N–H and O–H groups in total. The zero-order valence-corrected chi connectivity index (χ0v) is 16.9. The van der Waals surface area contributed by atoms with E-state index in [0.29, 0.717) is 23.4 Å². The van der Waals surface area contributed by atoms with Gasteiger partial charge in [0.15, 0.2) is 5.65 Å². The Hall–Kier alpha value is -3.79. The molecule has 0 amide bonds. The number of nitrogens with zero attached hydrogens (tertiary/aromatic N) is 5. The third kappa shape index (κ3) is 3.40. The number of ether oxygens (including phenoxy) is 1. The summed E-state index contributed by atoms with van der Waals surface area (Å²) in [5, 5.41) is 8.28. The minimum absolute atomic E-state index is 0.184. The number of methoxy groups -OCH3 is 1. The lowest BCUT2D eigenvalue weighted by Crippen LogP contribution is -2.08. The molecule has 2 aromatic carbocycles. The molecule has 3 heterocycles. The summed E-state index contributed by atoms with van der Waals surface area (Å²) in [5.74, 6) is -3.12. The molecule has 5 aromatic rings. The number of pyridine rings is 1. The van der Waals surface area contributed by atoms with Crippen LogP contribution in [-0.2, 0) is 11.3 Å². The van der Waals surface area contributed by atoms with Gasteiger partial charge < -0.3 is 4.74 Å². The molecular weight excluding hydrogens is 424 g/mol. The lowest BCUT2D eigenvalue weighted by molar-refractivity contribution is 0.0590. The summed E-state index contributed by atoms with van der Waals surface area (Å²) >= 11 is 1.55. The number of benzene rings is 2. The summed E-state index contributed by atoms with van der Waals surface area (Å²) in [5.41, 5.74) is 4.50. The van der Waals surface area contributed by atoms with Crippen LogP contribution in [0.15, 0.2) is 48.0 Å². The van der Waals surface area contributed by atoms with Gasteiger partial charge in [0.25, 0.3) is 0 Å². The first-order chi connectivity index (χ1) is 15.0. The molecule has 0 aliphatic rings. The SMILES string of the molecule is COC(=O)c1c(F)cc(-c2ccc3nnn(Cc4ccc5ncsc5c4)c3n2)cc1F. The maximum atomic E-state index is 14.4. The van der Waals surface area contributed by atoms with Gasteiger partial charge in [0.2, 0.25) is 0 Å². The van der Waals surface area contributed by atoms with Crippen molar-refractivity contribution in [3.05, 3.63) is 70.7 Å². The second-order valence-electron chi connectivity index (χ2n) is 6.75. The van der Waals surface area contributed by atoms with Crippen molar-refractivity contribution in [3.63, 3.8) is 0 Å². The highest BCUT2D eigenvalue weighted by molar-refractivity contribution is 7.16. The van der Waals surface area contributed by atoms with E-state index >= 15 is 0 Å². The van der Waals surface area contributed by atoms with Crippen molar-refractivity contribution < 1.29 is 18.3 Å². The van der Waals surface area contributed by atoms with Gasteiger partial charge in [-0.25, -0.2) is 28.2 Å². The molecule has 0 saturated carbocycles. The number of halogens is 2. The molecule has 0 aliphatic heterocycles. The molecule has 0 bridgehead atoms. The average Bonchev–Trinajstić information content (AvgIpc) is 3.39. The second kappa shape index (κ2) is 7.47. The highest BCUT2D eigenvalue weighted by atomic mass is 32.1. The van der Waals surface area contributed by atoms with Gasteiger partial charge in [0.05, 0.1) is 35.1 Å². The molecule has 0 fully saturated rings. The van der Waals surface area contributed by atoms with E-state index in [1.807, 2.05) is 18.2 Å². The number of rotatable bonds is 4. The number of hydrogen-bond donors (Lipinski definition) is 0. The minimum atomic E-state index is -1.08. The quantitative estimate of drug-likeness (QED) is 0.392. The van der Waals surface area contributed by atoms with Crippen molar-refractivity contribution in [2.24, 2.45) is 0 Å². The van der Waals surface area contributed by atoms with Gasteiger partial charge in [0.1, 0.15) is 22.7 Å². The van der Waals surface area contributed by atoms with E-state index in [-0.39, 0.29) is 5.56 Å². The fourth-order valence-corrected chi connectivity index (χ4v) is 4.05. The monoisotopic (exact) mass is 437 g/mol. The first-order valence-corrected chi connectivity index (χ1v) is 10.0. The second-order valence-corrected chi connectivity index (χ2v) is 7.63. The Labute approximate surface area is 177 Å². The molecule has 0 unspecified atom stereocenters. The van der Waals surface area contributed by atoms with Gasteiger partial charge in [-0.2, -0.15) is 0 Å². The normalized spacial score (nSPS) is 11.3. The predicted octanol–water partition coefficient (Wildman–Crippen LogP) is 4.22. The lowest BCUT2D eigenvalue weighted by atomic mass is 10.1. The maximum absolute atomic E-state index is 14.4. The van der Waals surface area contributed by atoms with Crippen molar-refractivity contribution in [2.75, 3.05) is 7.11 Å². The molecule has 0 radical (unpaired) electrons. The molecule has 5 rings (SSSR count). The van der Waals surface area contributed by atoms with E-state index in [9.17, 15) is 13.6 Å². The third-order valence-electron chi connectivity index (χ3n) is 4.81. The van der Waals surface area contributed by atoms with Crippen LogP contribution in [0.25, 0.3) is 32.6 Å². The predicted molar refractivity (Wildman–Crippen MR) is 111 cm³/mol. The summed E-state index contributed by atoms with van der Waals surface area (Å²) in [7, 11) is 1.06. The number of thiazole rings is 1. The summed E-state index contributed by atoms with van der Waals surface area (Å²) < 4.78 is 35.8. The lowest BCUT2D eigenvalue weighted by Gasteiger charge is -2.07. The molecule has 0 atom stereocenters. The summed E-state index contributed by atoms with van der Waals surface area (Å²) in [6.45, 7) is 0.421. The van der Waals surface area contributed by atoms with Crippen molar-refractivity contribution in [2.45, 2.75) is 6.54 Å². The topological polar surface area (TPSA) is 82.8 Å². The van der Waals surface area contributed by atoms with E-state index < -0.39 is 23.2 Å². The van der Waals surface area contributed by atoms with Gasteiger partial charge >= 0.3 is 5.97 Å². The van der Waals surface area contributed by atoms with Gasteiger partial charge in [-0.05, 0) is 42.0 Å². The summed E-state index contributed by atoms with van der Waals surface area (Å²) in [6.07, 6.45) is 0. The Morgan fingerprint density at radius 1 is 1.10 bits per heavy atom. The zero-order chi connectivity index (χ0) is 21.5.